The third-order valence-electron chi connectivity index (χ3n) is 1.13. The van der Waals surface area contributed by atoms with Gasteiger partial charge < -0.3 is 0 Å². The van der Waals surface area contributed by atoms with Crippen LogP contribution < -0.4 is 0 Å². The van der Waals surface area contributed by atoms with E-state index in [9.17, 15) is 0 Å². The topological polar surface area (TPSA) is 0 Å². The van der Waals surface area contributed by atoms with Gasteiger partial charge in [-0.1, -0.05) is 14.6 Å². The summed E-state index contributed by atoms with van der Waals surface area (Å²) in [5.74, 6) is 0. The Bertz CT molecular complexity index is 124. The molecule has 8 unspecified atom stereocenters. The highest BCUT2D eigenvalue weighted by atomic mass is 32.8. The van der Waals surface area contributed by atoms with Gasteiger partial charge in [-0.3, -0.25) is 0 Å². The Morgan fingerprint density at radius 2 is 1.31 bits per heavy atom. The summed E-state index contributed by atoms with van der Waals surface area (Å²) in [5.41, 5.74) is 0. The van der Waals surface area contributed by atoms with E-state index in [1.165, 1.54) is 0 Å². The largest absolute Gasteiger partial charge is 0.140 e. The van der Waals surface area contributed by atoms with Crippen molar-refractivity contribution in [3.05, 3.63) is 0 Å². The molecule has 0 aliphatic rings. The van der Waals surface area contributed by atoms with Crippen molar-refractivity contribution in [1.82, 2.24) is 0 Å². The lowest BCUT2D eigenvalue weighted by molar-refractivity contribution is 2.06. The second kappa shape index (κ2) is 9.69. The summed E-state index contributed by atoms with van der Waals surface area (Å²) in [6.45, 7) is -0.00369. The van der Waals surface area contributed by atoms with Gasteiger partial charge >= 0.3 is 0 Å². The minimum absolute atomic E-state index is 0.00369. The molecule has 0 aromatic rings. The molecular weight excluding hydrogens is 364 g/mol. The predicted molar refractivity (Wildman–Crippen MR) is 104 cm³/mol. The van der Waals surface area contributed by atoms with Crippen molar-refractivity contribution in [3.63, 3.8) is 0 Å². The van der Waals surface area contributed by atoms with Gasteiger partial charge in [-0.2, -0.15) is 0 Å². The van der Waals surface area contributed by atoms with E-state index < -0.39 is 0 Å². The molecule has 0 aromatic heterocycles. The SMILES string of the molecule is [B]PP(C(P(P)P)P(P)P)P(P)P. The zero-order valence-corrected chi connectivity index (χ0v) is 18.4. The zero-order chi connectivity index (χ0) is 10.6. The molecule has 0 heterocycles. The fourth-order valence-corrected chi connectivity index (χ4v) is 49.8. The summed E-state index contributed by atoms with van der Waals surface area (Å²) in [7, 11) is 24.2. The summed E-state index contributed by atoms with van der Waals surface area (Å²) in [6, 6.07) is 0. The van der Waals surface area contributed by atoms with Crippen LogP contribution in [-0.4, -0.2) is 12.7 Å². The molecule has 13 heavy (non-hydrogen) atoms. The van der Waals surface area contributed by atoms with E-state index in [0.29, 0.717) is 8.15 Å². The molecule has 0 bridgehead atoms. The van der Waals surface area contributed by atoms with Crippen LogP contribution in [0.25, 0.3) is 0 Å². The summed E-state index contributed by atoms with van der Waals surface area (Å²) in [6.07, 6.45) is 0. The summed E-state index contributed by atoms with van der Waals surface area (Å²) in [5, 5.41) is 0.814. The molecule has 12 heteroatoms. The molecule has 0 nitrogen and oxygen atoms in total. The minimum atomic E-state index is -0.0152. The Morgan fingerprint density at radius 1 is 0.923 bits per heavy atom. The maximum atomic E-state index is 5.88. The lowest BCUT2D eigenvalue weighted by Gasteiger charge is -2.35. The lowest BCUT2D eigenvalue weighted by Crippen LogP contribution is -1.83. The fraction of sp³-hybridized carbons (Fsp3) is 1.00. The van der Waals surface area contributed by atoms with Gasteiger partial charge in [-0.25, -0.2) is 0 Å². The highest BCUT2D eigenvalue weighted by Crippen LogP contribution is 2.98. The van der Waals surface area contributed by atoms with E-state index >= 15 is 0 Å². The van der Waals surface area contributed by atoms with Gasteiger partial charge in [-0.05, 0) is 14.3 Å². The average molecular weight is 378 g/mol. The predicted octanol–water partition coefficient (Wildman–Crippen LogP) is 5.53. The van der Waals surface area contributed by atoms with Gasteiger partial charge in [0.1, 0.15) is 7.57 Å². The smallest absolute Gasteiger partial charge is 0.111 e. The van der Waals surface area contributed by atoms with Crippen molar-refractivity contribution in [2.24, 2.45) is 0 Å². The number of hydrogen-bond donors (Lipinski definition) is 0. The zero-order valence-electron chi connectivity index (χ0n) is 6.91. The highest BCUT2D eigenvalue weighted by Gasteiger charge is 2.28. The summed E-state index contributed by atoms with van der Waals surface area (Å²) in [4.78, 5) is 0. The standard InChI is InChI=1S/CH14BP11/c2-9-12(13(7)8)1(10(3)4)11(5)6/h1,9H,3-8H2. The van der Waals surface area contributed by atoms with Crippen LogP contribution in [0.4, 0.5) is 0 Å². The molecule has 0 amide bonds. The molecule has 0 rings (SSSR count). The Kier molecular flexibility index (Phi) is 13.3. The monoisotopic (exact) mass is 378 g/mol. The van der Waals surface area contributed by atoms with E-state index in [1.807, 2.05) is 0 Å². The fourth-order valence-electron chi connectivity index (χ4n) is 0.659. The van der Waals surface area contributed by atoms with Crippen LogP contribution in [0.3, 0.4) is 0 Å². The molecule has 0 spiro atoms. The van der Waals surface area contributed by atoms with E-state index in [2.05, 4.69) is 53.6 Å². The van der Waals surface area contributed by atoms with Gasteiger partial charge in [-0.15, -0.1) is 61.7 Å². The van der Waals surface area contributed by atoms with Crippen LogP contribution >= 0.6 is 90.6 Å². The number of hydrogen-bond acceptors (Lipinski definition) is 0. The molecule has 0 aromatic carbocycles. The van der Waals surface area contributed by atoms with Crippen molar-refractivity contribution in [2.45, 2.75) is 5.14 Å². The molecule has 0 fully saturated rings. The molecular formula is CH14BP11. The molecule has 0 aliphatic heterocycles. The molecule has 2 radical (unpaired) electrons. The van der Waals surface area contributed by atoms with Gasteiger partial charge in [0.2, 0.25) is 0 Å². The van der Waals surface area contributed by atoms with Crippen molar-refractivity contribution >= 4 is 98.2 Å². The third kappa shape index (κ3) is 7.08. The quantitative estimate of drug-likeness (QED) is 0.436. The van der Waals surface area contributed by atoms with Gasteiger partial charge in [0.25, 0.3) is 0 Å². The number of rotatable bonds is 5. The van der Waals surface area contributed by atoms with Gasteiger partial charge in [0.05, 0.1) is 0 Å². The van der Waals surface area contributed by atoms with Crippen LogP contribution in [0.15, 0.2) is 0 Å². The van der Waals surface area contributed by atoms with E-state index in [1.54, 1.807) is 0 Å². The molecule has 0 saturated carbocycles. The van der Waals surface area contributed by atoms with Crippen LogP contribution in [0.2, 0.25) is 0 Å². The first kappa shape index (κ1) is 17.8. The van der Waals surface area contributed by atoms with Crippen molar-refractivity contribution in [1.29, 1.82) is 0 Å². The molecule has 0 saturated heterocycles. The van der Waals surface area contributed by atoms with Crippen molar-refractivity contribution in [3.8, 4) is 0 Å². The normalized spacial score (nSPS) is 15.8. The Hall–Kier alpha value is 4.79. The molecule has 0 aliphatic carbocycles. The van der Waals surface area contributed by atoms with E-state index in [4.69, 9.17) is 7.57 Å². The Balaban J connectivity index is 4.49. The third-order valence-corrected chi connectivity index (χ3v) is 35.5. The van der Waals surface area contributed by atoms with Crippen LogP contribution in [0.1, 0.15) is 0 Å². The van der Waals surface area contributed by atoms with Crippen LogP contribution in [0.5, 0.6) is 0 Å². The molecule has 76 valence electrons. The second-order valence-electron chi connectivity index (χ2n) is 2.09. The van der Waals surface area contributed by atoms with Crippen molar-refractivity contribution < 1.29 is 0 Å². The molecule has 8 atom stereocenters. The Labute approximate surface area is 103 Å². The summed E-state index contributed by atoms with van der Waals surface area (Å²) < 4.78 is 0. The minimum Gasteiger partial charge on any atom is -0.140 e. The van der Waals surface area contributed by atoms with Crippen LogP contribution in [-0.2, 0) is 0 Å². The van der Waals surface area contributed by atoms with Gasteiger partial charge in [0, 0.05) is 5.14 Å². The van der Waals surface area contributed by atoms with Gasteiger partial charge in [0.15, 0.2) is 0 Å². The maximum absolute atomic E-state index is 5.88. The Morgan fingerprint density at radius 3 is 1.38 bits per heavy atom. The molecule has 0 N–H and O–H groups in total. The first-order valence-corrected chi connectivity index (χ1v) is 20.9. The van der Waals surface area contributed by atoms with E-state index in [0.717, 1.165) is 5.14 Å². The lowest BCUT2D eigenvalue weighted by atomic mass is 10.8. The highest BCUT2D eigenvalue weighted by molar-refractivity contribution is 8.87. The van der Waals surface area contributed by atoms with Crippen molar-refractivity contribution in [2.75, 3.05) is 0 Å². The average Bonchev–Trinajstić information content (AvgIpc) is 1.97. The summed E-state index contributed by atoms with van der Waals surface area (Å²) >= 11 is 0. The van der Waals surface area contributed by atoms with E-state index in [-0.39, 0.29) is 28.9 Å². The van der Waals surface area contributed by atoms with Crippen LogP contribution in [0, 0.1) is 0 Å². The maximum Gasteiger partial charge on any atom is 0.111 e. The first-order valence-electron chi connectivity index (χ1n) is 3.04. The first-order chi connectivity index (χ1) is 5.91. The second-order valence-corrected chi connectivity index (χ2v) is 32.9.